The van der Waals surface area contributed by atoms with Crippen LogP contribution in [0.3, 0.4) is 0 Å². The largest absolute Gasteiger partial charge is 0.510 e. The van der Waals surface area contributed by atoms with Crippen molar-refractivity contribution in [2.24, 2.45) is 7.05 Å². The van der Waals surface area contributed by atoms with Gasteiger partial charge in [0.1, 0.15) is 29.6 Å². The molecule has 0 spiro atoms. The van der Waals surface area contributed by atoms with Gasteiger partial charge in [-0.05, 0) is 19.1 Å². The van der Waals surface area contributed by atoms with Crippen LogP contribution in [0.2, 0.25) is 0 Å². The van der Waals surface area contributed by atoms with Gasteiger partial charge in [-0.25, -0.2) is 4.98 Å². The molecule has 2 N–H and O–H groups in total. The minimum atomic E-state index is -0.381. The van der Waals surface area contributed by atoms with Crippen LogP contribution in [-0.2, 0) is 23.0 Å². The number of thioether (sulfide) groups is 1. The van der Waals surface area contributed by atoms with Gasteiger partial charge in [0, 0.05) is 7.05 Å². The molecule has 0 aliphatic carbocycles. The second-order valence-electron chi connectivity index (χ2n) is 5.76. The molecule has 144 valence electrons. The molecule has 0 saturated heterocycles. The van der Waals surface area contributed by atoms with Crippen molar-refractivity contribution in [1.29, 1.82) is 5.26 Å². The number of imidazole rings is 1. The average Bonchev–Trinajstić information content (AvgIpc) is 3.25. The molecular weight excluding hydrogens is 380 g/mol. The second kappa shape index (κ2) is 8.58. The summed E-state index contributed by atoms with van der Waals surface area (Å²) in [5, 5.41) is 28.4. The first kappa shape index (κ1) is 19.4. The number of aliphatic hydroxyl groups excluding tert-OH is 1. The molecule has 0 fully saturated rings. The zero-order chi connectivity index (χ0) is 20.1. The molecule has 0 amide bonds. The van der Waals surface area contributed by atoms with Crippen LogP contribution in [0.15, 0.2) is 35.2 Å². The first-order valence-electron chi connectivity index (χ1n) is 8.47. The van der Waals surface area contributed by atoms with Crippen molar-refractivity contribution in [3.8, 4) is 6.07 Å². The van der Waals surface area contributed by atoms with Gasteiger partial charge in [-0.2, -0.15) is 5.26 Å². The average molecular weight is 398 g/mol. The molecule has 0 bridgehead atoms. The lowest BCUT2D eigenvalue weighted by Gasteiger charge is -2.04. The predicted octanol–water partition coefficient (Wildman–Crippen LogP) is 2.38. The Kier molecular flexibility index (Phi) is 5.96. The number of ether oxygens (including phenoxy) is 1. The van der Waals surface area contributed by atoms with Crippen molar-refractivity contribution in [2.45, 2.75) is 18.5 Å². The fraction of sp³-hybridized carbons (Fsp3) is 0.278. The molecule has 3 aromatic rings. The van der Waals surface area contributed by atoms with Crippen molar-refractivity contribution < 1.29 is 14.6 Å². The Morgan fingerprint density at radius 3 is 2.89 bits per heavy atom. The highest BCUT2D eigenvalue weighted by Crippen LogP contribution is 2.23. The lowest BCUT2D eigenvalue weighted by atomic mass is 10.2. The van der Waals surface area contributed by atoms with Crippen LogP contribution < -0.4 is 0 Å². The minimum Gasteiger partial charge on any atom is -0.510 e. The number of aromatic nitrogens is 5. The van der Waals surface area contributed by atoms with E-state index in [-0.39, 0.29) is 29.5 Å². The number of hydrogen-bond donors (Lipinski definition) is 2. The van der Waals surface area contributed by atoms with Crippen LogP contribution in [0, 0.1) is 11.3 Å². The van der Waals surface area contributed by atoms with Crippen LogP contribution in [0.1, 0.15) is 18.6 Å². The van der Waals surface area contributed by atoms with Crippen molar-refractivity contribution in [2.75, 3.05) is 12.4 Å². The molecule has 0 aliphatic heterocycles. The van der Waals surface area contributed by atoms with Gasteiger partial charge in [-0.1, -0.05) is 23.9 Å². The molecule has 10 heteroatoms. The van der Waals surface area contributed by atoms with Gasteiger partial charge in [0.25, 0.3) is 0 Å². The Labute approximate surface area is 165 Å². The quantitative estimate of drug-likeness (QED) is 0.268. The zero-order valence-electron chi connectivity index (χ0n) is 15.3. The van der Waals surface area contributed by atoms with E-state index >= 15 is 0 Å². The Balaban J connectivity index is 1.75. The van der Waals surface area contributed by atoms with Gasteiger partial charge in [0.05, 0.1) is 23.4 Å². The molecule has 2 aromatic heterocycles. The summed E-state index contributed by atoms with van der Waals surface area (Å²) in [4.78, 5) is 19.0. The number of para-hydroxylation sites is 2. The van der Waals surface area contributed by atoms with E-state index in [0.29, 0.717) is 28.9 Å². The molecule has 2 heterocycles. The highest BCUT2D eigenvalue weighted by Gasteiger charge is 2.17. The Morgan fingerprint density at radius 1 is 1.39 bits per heavy atom. The number of nitriles is 1. The van der Waals surface area contributed by atoms with Gasteiger partial charge < -0.3 is 19.4 Å². The SMILES string of the molecule is CCOC(=O)Cc1nnc(SC/C(O)=C(\C#N)c2nc3ccccc3[nH]2)n1C. The summed E-state index contributed by atoms with van der Waals surface area (Å²) in [6.45, 7) is 2.04. The smallest absolute Gasteiger partial charge is 0.313 e. The molecule has 3 rings (SSSR count). The fourth-order valence-electron chi connectivity index (χ4n) is 2.50. The van der Waals surface area contributed by atoms with Crippen molar-refractivity contribution >= 4 is 34.3 Å². The predicted molar refractivity (Wildman–Crippen MR) is 103 cm³/mol. The van der Waals surface area contributed by atoms with E-state index < -0.39 is 0 Å². The van der Waals surface area contributed by atoms with E-state index in [1.807, 2.05) is 30.3 Å². The molecule has 1 aromatic carbocycles. The zero-order valence-corrected chi connectivity index (χ0v) is 16.2. The highest BCUT2D eigenvalue weighted by atomic mass is 32.2. The summed E-state index contributed by atoms with van der Waals surface area (Å²) in [7, 11) is 1.72. The second-order valence-corrected chi connectivity index (χ2v) is 6.71. The van der Waals surface area contributed by atoms with Crippen LogP contribution in [0.25, 0.3) is 16.6 Å². The van der Waals surface area contributed by atoms with E-state index in [2.05, 4.69) is 20.2 Å². The van der Waals surface area contributed by atoms with Crippen LogP contribution >= 0.6 is 11.8 Å². The van der Waals surface area contributed by atoms with E-state index in [9.17, 15) is 15.2 Å². The normalized spacial score (nSPS) is 11.9. The lowest BCUT2D eigenvalue weighted by molar-refractivity contribution is -0.142. The lowest BCUT2D eigenvalue weighted by Crippen LogP contribution is -2.11. The number of allylic oxidation sites excluding steroid dienone is 1. The Hall–Kier alpha value is -3.32. The van der Waals surface area contributed by atoms with E-state index in [1.165, 1.54) is 11.8 Å². The van der Waals surface area contributed by atoms with E-state index in [0.717, 1.165) is 5.52 Å². The van der Waals surface area contributed by atoms with E-state index in [1.54, 1.807) is 18.5 Å². The number of nitrogens with one attached hydrogen (secondary N) is 1. The molecule has 0 radical (unpaired) electrons. The number of benzene rings is 1. The fourth-order valence-corrected chi connectivity index (χ4v) is 3.30. The Bertz CT molecular complexity index is 1050. The molecular formula is C18H18N6O3S. The van der Waals surface area contributed by atoms with Crippen LogP contribution in [-0.4, -0.2) is 48.2 Å². The molecule has 0 atom stereocenters. The number of fused-ring (bicyclic) bond motifs is 1. The molecule has 0 saturated carbocycles. The number of rotatable bonds is 7. The molecule has 0 aliphatic rings. The van der Waals surface area contributed by atoms with Crippen LogP contribution in [0.5, 0.6) is 0 Å². The van der Waals surface area contributed by atoms with Gasteiger partial charge in [-0.3, -0.25) is 4.79 Å². The number of H-pyrrole nitrogens is 1. The molecule has 0 unspecified atom stereocenters. The summed E-state index contributed by atoms with van der Waals surface area (Å²) < 4.78 is 6.56. The maximum atomic E-state index is 11.6. The number of carbonyl (C=O) groups excluding carboxylic acids is 1. The standard InChI is InChI=1S/C18H18N6O3S/c1-3-27-16(26)8-15-22-23-18(24(15)2)28-10-14(25)11(9-19)17-20-12-6-4-5-7-13(12)21-17/h4-7,25H,3,8,10H2,1-2H3,(H,20,21)/b14-11-. The maximum absolute atomic E-state index is 11.6. The third kappa shape index (κ3) is 4.15. The Morgan fingerprint density at radius 2 is 2.18 bits per heavy atom. The van der Waals surface area contributed by atoms with Crippen molar-refractivity contribution in [3.05, 3.63) is 41.7 Å². The highest BCUT2D eigenvalue weighted by molar-refractivity contribution is 7.99. The number of hydrogen-bond acceptors (Lipinski definition) is 8. The first-order valence-corrected chi connectivity index (χ1v) is 9.46. The van der Waals surface area contributed by atoms with Crippen molar-refractivity contribution in [3.63, 3.8) is 0 Å². The van der Waals surface area contributed by atoms with Gasteiger partial charge in [0.15, 0.2) is 11.0 Å². The monoisotopic (exact) mass is 398 g/mol. The minimum absolute atomic E-state index is 0.0160. The summed E-state index contributed by atoms with van der Waals surface area (Å²) in [6.07, 6.45) is 0.0160. The summed E-state index contributed by atoms with van der Waals surface area (Å²) in [5.41, 5.74) is 1.56. The summed E-state index contributed by atoms with van der Waals surface area (Å²) in [5.74, 6) is 0.367. The number of aliphatic hydroxyl groups is 1. The first-order chi connectivity index (χ1) is 13.5. The third-order valence-corrected chi connectivity index (χ3v) is 4.93. The van der Waals surface area contributed by atoms with Crippen molar-refractivity contribution in [1.82, 2.24) is 24.7 Å². The topological polar surface area (TPSA) is 130 Å². The van der Waals surface area contributed by atoms with Gasteiger partial charge in [0.2, 0.25) is 0 Å². The number of esters is 1. The van der Waals surface area contributed by atoms with Gasteiger partial charge >= 0.3 is 5.97 Å². The van der Waals surface area contributed by atoms with Gasteiger partial charge in [-0.15, -0.1) is 10.2 Å². The van der Waals surface area contributed by atoms with Crippen LogP contribution in [0.4, 0.5) is 0 Å². The van der Waals surface area contributed by atoms with E-state index in [4.69, 9.17) is 4.74 Å². The summed E-state index contributed by atoms with van der Waals surface area (Å²) in [6, 6.07) is 9.36. The third-order valence-electron chi connectivity index (χ3n) is 3.90. The summed E-state index contributed by atoms with van der Waals surface area (Å²) >= 11 is 1.20. The molecule has 9 nitrogen and oxygen atoms in total. The maximum Gasteiger partial charge on any atom is 0.313 e. The number of nitrogens with zero attached hydrogens (tertiary/aromatic N) is 5. The molecule has 28 heavy (non-hydrogen) atoms. The number of aromatic amines is 1. The number of carbonyl (C=O) groups is 1.